The van der Waals surface area contributed by atoms with Crippen LogP contribution >= 0.6 is 0 Å². The molecule has 1 aromatic carbocycles. The van der Waals surface area contributed by atoms with Crippen LogP contribution in [0, 0.1) is 11.8 Å². The molecule has 1 fully saturated rings. The van der Waals surface area contributed by atoms with Crippen molar-refractivity contribution in [1.82, 2.24) is 0 Å². The van der Waals surface area contributed by atoms with Gasteiger partial charge in [-0.25, -0.2) is 0 Å². The summed E-state index contributed by atoms with van der Waals surface area (Å²) in [5.74, 6) is 1.47. The molecule has 0 N–H and O–H groups in total. The monoisotopic (exact) mass is 340 g/mol. The predicted octanol–water partition coefficient (Wildman–Crippen LogP) is 6.26. The number of benzene rings is 1. The lowest BCUT2D eigenvalue weighted by Crippen LogP contribution is -2.25. The van der Waals surface area contributed by atoms with Crippen LogP contribution in [0.1, 0.15) is 63.4 Å². The van der Waals surface area contributed by atoms with E-state index in [-0.39, 0.29) is 11.9 Å². The zero-order valence-electron chi connectivity index (χ0n) is 15.4. The number of rotatable bonds is 10. The Morgan fingerprint density at radius 1 is 1.00 bits per heavy atom. The van der Waals surface area contributed by atoms with E-state index < -0.39 is 0 Å². The molecule has 0 unspecified atom stereocenters. The van der Waals surface area contributed by atoms with E-state index >= 15 is 0 Å². The molecule has 0 spiro atoms. The Morgan fingerprint density at radius 2 is 1.72 bits per heavy atom. The lowest BCUT2D eigenvalue weighted by atomic mass is 9.80. The third-order valence-corrected chi connectivity index (χ3v) is 5.22. The lowest BCUT2D eigenvalue weighted by Gasteiger charge is -2.27. The van der Waals surface area contributed by atoms with Gasteiger partial charge >= 0.3 is 5.97 Å². The van der Waals surface area contributed by atoms with Crippen molar-refractivity contribution in [1.29, 1.82) is 0 Å². The quantitative estimate of drug-likeness (QED) is 0.217. The molecular weight excluding hydrogens is 308 g/mol. The summed E-state index contributed by atoms with van der Waals surface area (Å²) in [6.45, 7) is 7.50. The Kier molecular flexibility index (Phi) is 8.51. The number of hydrogen-bond donors (Lipinski definition) is 0. The van der Waals surface area contributed by atoms with Crippen LogP contribution < -0.4 is 4.74 Å². The molecule has 1 aromatic rings. The van der Waals surface area contributed by atoms with Crippen molar-refractivity contribution in [2.75, 3.05) is 0 Å². The summed E-state index contributed by atoms with van der Waals surface area (Å²) < 4.78 is 5.57. The first kappa shape index (κ1) is 19.5. The van der Waals surface area contributed by atoms with Gasteiger partial charge in [-0.2, -0.15) is 0 Å². The average molecular weight is 341 g/mol. The molecule has 0 aliphatic heterocycles. The highest BCUT2D eigenvalue weighted by Crippen LogP contribution is 2.33. The molecule has 0 bridgehead atoms. The number of carbonyl (C=O) groups is 1. The summed E-state index contributed by atoms with van der Waals surface area (Å²) in [6.07, 6.45) is 15.3. The smallest absolute Gasteiger partial charge is 0.314 e. The van der Waals surface area contributed by atoms with E-state index in [1.807, 2.05) is 36.4 Å². The van der Waals surface area contributed by atoms with Gasteiger partial charge in [0.25, 0.3) is 0 Å². The molecule has 25 heavy (non-hydrogen) atoms. The maximum absolute atomic E-state index is 12.4. The van der Waals surface area contributed by atoms with Gasteiger partial charge in [0.05, 0.1) is 5.92 Å². The fourth-order valence-corrected chi connectivity index (χ4v) is 3.65. The zero-order valence-corrected chi connectivity index (χ0v) is 15.4. The minimum absolute atomic E-state index is 0.0547. The largest absolute Gasteiger partial charge is 0.426 e. The minimum atomic E-state index is -0.0547. The fraction of sp³-hybridized carbons (Fsp3) is 0.522. The number of ether oxygens (including phenoxy) is 1. The van der Waals surface area contributed by atoms with E-state index in [1.165, 1.54) is 44.1 Å². The molecule has 0 saturated heterocycles. The normalized spacial score (nSPS) is 20.0. The van der Waals surface area contributed by atoms with E-state index in [2.05, 4.69) is 13.2 Å². The van der Waals surface area contributed by atoms with E-state index in [0.717, 1.165) is 31.6 Å². The molecule has 0 radical (unpaired) electrons. The van der Waals surface area contributed by atoms with E-state index in [9.17, 15) is 4.79 Å². The second kappa shape index (κ2) is 10.9. The van der Waals surface area contributed by atoms with Crippen molar-refractivity contribution in [2.45, 2.75) is 64.2 Å². The topological polar surface area (TPSA) is 26.3 Å². The molecule has 0 heterocycles. The van der Waals surface area contributed by atoms with Gasteiger partial charge in [-0.3, -0.25) is 4.79 Å². The molecule has 1 aliphatic carbocycles. The van der Waals surface area contributed by atoms with Gasteiger partial charge in [0, 0.05) is 0 Å². The molecule has 2 nitrogen and oxygen atoms in total. The molecule has 136 valence electrons. The predicted molar refractivity (Wildman–Crippen MR) is 105 cm³/mol. The van der Waals surface area contributed by atoms with Crippen LogP contribution in [0.5, 0.6) is 5.75 Å². The van der Waals surface area contributed by atoms with Crippen molar-refractivity contribution < 1.29 is 9.53 Å². The van der Waals surface area contributed by atoms with Crippen LogP contribution in [-0.4, -0.2) is 5.97 Å². The van der Waals surface area contributed by atoms with Crippen LogP contribution in [0.25, 0.3) is 0 Å². The number of hydrogen-bond acceptors (Lipinski definition) is 2. The van der Waals surface area contributed by atoms with Crippen molar-refractivity contribution in [3.63, 3.8) is 0 Å². The molecule has 1 aliphatic rings. The Labute approximate surface area is 153 Å². The molecule has 2 rings (SSSR count). The first-order valence-electron chi connectivity index (χ1n) is 9.75. The van der Waals surface area contributed by atoms with Crippen LogP contribution in [0.4, 0.5) is 0 Å². The van der Waals surface area contributed by atoms with Gasteiger partial charge in [-0.05, 0) is 68.6 Å². The molecule has 2 heteroatoms. The Hall–Kier alpha value is -1.83. The number of esters is 1. The maximum Gasteiger partial charge on any atom is 0.314 e. The van der Waals surface area contributed by atoms with Crippen LogP contribution in [-0.2, 0) is 11.2 Å². The number of allylic oxidation sites excluding steroid dienone is 2. The second-order valence-corrected chi connectivity index (χ2v) is 7.20. The molecule has 0 amide bonds. The lowest BCUT2D eigenvalue weighted by molar-refractivity contribution is -0.140. The minimum Gasteiger partial charge on any atom is -0.426 e. The van der Waals surface area contributed by atoms with Gasteiger partial charge in [0.1, 0.15) is 5.75 Å². The average Bonchev–Trinajstić information content (AvgIpc) is 2.64. The van der Waals surface area contributed by atoms with Gasteiger partial charge in [0.2, 0.25) is 0 Å². The van der Waals surface area contributed by atoms with Crippen molar-refractivity contribution in [2.24, 2.45) is 11.8 Å². The van der Waals surface area contributed by atoms with Gasteiger partial charge < -0.3 is 4.74 Å². The molecule has 1 saturated carbocycles. The highest BCUT2D eigenvalue weighted by molar-refractivity contribution is 5.75. The summed E-state index contributed by atoms with van der Waals surface area (Å²) in [6, 6.07) is 7.75. The van der Waals surface area contributed by atoms with E-state index in [0.29, 0.717) is 5.75 Å². The second-order valence-electron chi connectivity index (χ2n) is 7.20. The summed E-state index contributed by atoms with van der Waals surface area (Å²) in [7, 11) is 0. The highest BCUT2D eigenvalue weighted by Gasteiger charge is 2.27. The molecule has 0 aromatic heterocycles. The summed E-state index contributed by atoms with van der Waals surface area (Å²) in [5, 5.41) is 0. The summed E-state index contributed by atoms with van der Waals surface area (Å²) in [4.78, 5) is 12.4. The van der Waals surface area contributed by atoms with Crippen molar-refractivity contribution in [3.8, 4) is 5.75 Å². The van der Waals surface area contributed by atoms with Crippen LogP contribution in [0.3, 0.4) is 0 Å². The Balaban J connectivity index is 1.68. The molecule has 0 atom stereocenters. The van der Waals surface area contributed by atoms with E-state index in [4.69, 9.17) is 4.74 Å². The van der Waals surface area contributed by atoms with Crippen LogP contribution in [0.15, 0.2) is 49.6 Å². The SMILES string of the molecule is C=CCCCCCC1CCC(C(=O)Oc2ccc(CC=C)cc2)CC1. The summed E-state index contributed by atoms with van der Waals surface area (Å²) in [5.41, 5.74) is 1.18. The number of carbonyl (C=O) groups excluding carboxylic acids is 1. The Bertz CT molecular complexity index is 536. The van der Waals surface area contributed by atoms with Gasteiger partial charge in [-0.1, -0.05) is 43.5 Å². The highest BCUT2D eigenvalue weighted by atomic mass is 16.5. The number of unbranched alkanes of at least 4 members (excludes halogenated alkanes) is 3. The third-order valence-electron chi connectivity index (χ3n) is 5.22. The summed E-state index contributed by atoms with van der Waals surface area (Å²) >= 11 is 0. The standard InChI is InChI=1S/C23H32O2/c1-3-5-6-7-8-10-20-11-15-21(16-12-20)23(24)25-22-17-13-19(9-4-2)14-18-22/h3-4,13-14,17-18,20-21H,1-2,5-12,15-16H2. The van der Waals surface area contributed by atoms with Crippen molar-refractivity contribution in [3.05, 3.63) is 55.1 Å². The van der Waals surface area contributed by atoms with Gasteiger partial charge in [-0.15, -0.1) is 13.2 Å². The van der Waals surface area contributed by atoms with Crippen molar-refractivity contribution >= 4 is 5.97 Å². The zero-order chi connectivity index (χ0) is 17.9. The molecular formula is C23H32O2. The van der Waals surface area contributed by atoms with Crippen LogP contribution in [0.2, 0.25) is 0 Å². The first-order valence-corrected chi connectivity index (χ1v) is 9.75. The Morgan fingerprint density at radius 3 is 2.36 bits per heavy atom. The van der Waals surface area contributed by atoms with Gasteiger partial charge in [0.15, 0.2) is 0 Å². The maximum atomic E-state index is 12.4. The fourth-order valence-electron chi connectivity index (χ4n) is 3.65. The third kappa shape index (κ3) is 6.89. The van der Waals surface area contributed by atoms with E-state index in [1.54, 1.807) is 0 Å². The first-order chi connectivity index (χ1) is 12.2.